The summed E-state index contributed by atoms with van der Waals surface area (Å²) in [4.78, 5) is 70.1. The number of nitrogens with one attached hydrogen (secondary N) is 2. The highest BCUT2D eigenvalue weighted by atomic mass is 32.2. The van der Waals surface area contributed by atoms with Crippen LogP contribution in [0.25, 0.3) is 10.9 Å². The van der Waals surface area contributed by atoms with Crippen molar-refractivity contribution < 1.29 is 37.1 Å². The van der Waals surface area contributed by atoms with E-state index in [1.807, 2.05) is 0 Å². The van der Waals surface area contributed by atoms with Gasteiger partial charge >= 0.3 is 11.5 Å². The van der Waals surface area contributed by atoms with Crippen LogP contribution in [0.4, 0.5) is 13.2 Å². The predicted molar refractivity (Wildman–Crippen MR) is 157 cm³/mol. The molecular formula is C31H25F3N4O6S. The van der Waals surface area contributed by atoms with E-state index in [1.54, 1.807) is 42.5 Å². The summed E-state index contributed by atoms with van der Waals surface area (Å²) in [5.74, 6) is -3.14. The number of thioether (sulfide) groups is 1. The van der Waals surface area contributed by atoms with Crippen LogP contribution in [0.15, 0.2) is 82.5 Å². The summed E-state index contributed by atoms with van der Waals surface area (Å²) in [6, 6.07) is 18.3. The Hall–Kier alpha value is -4.98. The Balaban J connectivity index is 1.43. The second-order valence-corrected chi connectivity index (χ2v) is 11.3. The van der Waals surface area contributed by atoms with Crippen LogP contribution in [0, 0.1) is 6.92 Å². The average molecular weight is 639 g/mol. The SMILES string of the molecule is Cc1nc2ccc(CNC(=O)c3ccc(SC(F)(F)F)cc3)cc2c(=O)n1[C@@]1(C(=O)OCc2ccccc2)CCC(=O)NC1=O. The molecule has 2 N–H and O–H groups in total. The van der Waals surface area contributed by atoms with E-state index in [1.165, 1.54) is 37.3 Å². The van der Waals surface area contributed by atoms with Crippen molar-refractivity contribution in [1.82, 2.24) is 20.2 Å². The van der Waals surface area contributed by atoms with Gasteiger partial charge in [0.2, 0.25) is 11.4 Å². The third-order valence-electron chi connectivity index (χ3n) is 7.18. The molecule has 0 bridgehead atoms. The van der Waals surface area contributed by atoms with Crippen LogP contribution >= 0.6 is 11.8 Å². The van der Waals surface area contributed by atoms with E-state index >= 15 is 0 Å². The monoisotopic (exact) mass is 638 g/mol. The Kier molecular flexibility index (Phi) is 8.77. The summed E-state index contributed by atoms with van der Waals surface area (Å²) < 4.78 is 44.2. The standard InChI is InChI=1S/C31H25F3N4O6S/c1-18-36-24-12-7-20(16-35-26(40)21-8-10-22(11-9-21)45-31(32,33)34)15-23(24)27(41)38(18)30(14-13-25(39)37-28(30)42)29(43)44-17-19-5-3-2-4-6-19/h2-12,15H,13-14,16-17H2,1H3,(H,35,40)(H,37,39,42)/t30-/m0/s1. The fourth-order valence-corrected chi connectivity index (χ4v) is 5.58. The fraction of sp³-hybridized carbons (Fsp3) is 0.226. The second kappa shape index (κ2) is 12.6. The number of aryl methyl sites for hydroxylation is 1. The third kappa shape index (κ3) is 6.75. The molecule has 4 aromatic rings. The first-order chi connectivity index (χ1) is 21.4. The zero-order chi connectivity index (χ0) is 32.4. The molecule has 45 heavy (non-hydrogen) atoms. The number of hydrogen-bond donors (Lipinski definition) is 2. The number of carbonyl (C=O) groups is 4. The quantitative estimate of drug-likeness (QED) is 0.127. The number of rotatable bonds is 8. The number of benzene rings is 3. The van der Waals surface area contributed by atoms with Crippen molar-refractivity contribution in [2.24, 2.45) is 0 Å². The summed E-state index contributed by atoms with van der Waals surface area (Å²) in [5.41, 5.74) is -5.87. The Morgan fingerprint density at radius 1 is 1.02 bits per heavy atom. The average Bonchev–Trinajstić information content (AvgIpc) is 3.00. The molecule has 0 saturated carbocycles. The Morgan fingerprint density at radius 3 is 2.40 bits per heavy atom. The van der Waals surface area contributed by atoms with Gasteiger partial charge < -0.3 is 10.1 Å². The first-order valence-electron chi connectivity index (χ1n) is 13.6. The molecule has 1 aromatic heterocycles. The minimum absolute atomic E-state index is 0.0424. The minimum Gasteiger partial charge on any atom is -0.459 e. The van der Waals surface area contributed by atoms with Crippen LogP contribution in [-0.4, -0.2) is 38.8 Å². The minimum atomic E-state index is -4.45. The number of piperidine rings is 1. The molecule has 0 spiro atoms. The normalized spacial score (nSPS) is 16.7. The van der Waals surface area contributed by atoms with E-state index < -0.39 is 40.3 Å². The molecule has 14 heteroatoms. The van der Waals surface area contributed by atoms with Gasteiger partial charge in [-0.05, 0) is 72.6 Å². The molecule has 0 unspecified atom stereocenters. The maximum atomic E-state index is 14.0. The van der Waals surface area contributed by atoms with Gasteiger partial charge in [0.05, 0.1) is 10.9 Å². The van der Waals surface area contributed by atoms with E-state index in [0.29, 0.717) is 11.1 Å². The number of alkyl halides is 3. The number of ether oxygens (including phenoxy) is 1. The van der Waals surface area contributed by atoms with Crippen LogP contribution in [0.3, 0.4) is 0 Å². The lowest BCUT2D eigenvalue weighted by Crippen LogP contribution is -2.62. The molecule has 5 rings (SSSR count). The molecule has 1 fully saturated rings. The van der Waals surface area contributed by atoms with Gasteiger partial charge in [0, 0.05) is 23.4 Å². The van der Waals surface area contributed by atoms with E-state index in [-0.39, 0.29) is 64.9 Å². The Morgan fingerprint density at radius 2 is 1.73 bits per heavy atom. The summed E-state index contributed by atoms with van der Waals surface area (Å²) in [7, 11) is 0. The number of imide groups is 1. The smallest absolute Gasteiger partial charge is 0.446 e. The van der Waals surface area contributed by atoms with Crippen molar-refractivity contribution in [3.63, 3.8) is 0 Å². The maximum absolute atomic E-state index is 14.0. The fourth-order valence-electron chi connectivity index (χ4n) is 5.04. The van der Waals surface area contributed by atoms with Crippen molar-refractivity contribution in [2.45, 2.75) is 48.9 Å². The zero-order valence-corrected chi connectivity index (χ0v) is 24.5. The van der Waals surface area contributed by atoms with Crippen molar-refractivity contribution in [1.29, 1.82) is 0 Å². The van der Waals surface area contributed by atoms with Crippen molar-refractivity contribution in [2.75, 3.05) is 0 Å². The lowest BCUT2D eigenvalue weighted by molar-refractivity contribution is -0.164. The summed E-state index contributed by atoms with van der Waals surface area (Å²) >= 11 is -0.291. The molecule has 0 radical (unpaired) electrons. The van der Waals surface area contributed by atoms with Gasteiger partial charge in [-0.1, -0.05) is 36.4 Å². The number of fused-ring (bicyclic) bond motifs is 1. The molecule has 3 aromatic carbocycles. The van der Waals surface area contributed by atoms with E-state index in [4.69, 9.17) is 4.74 Å². The first kappa shape index (κ1) is 31.4. The molecule has 232 valence electrons. The van der Waals surface area contributed by atoms with E-state index in [2.05, 4.69) is 15.6 Å². The summed E-state index contributed by atoms with van der Waals surface area (Å²) in [6.45, 7) is 1.23. The van der Waals surface area contributed by atoms with Crippen LogP contribution in [-0.2, 0) is 37.8 Å². The molecule has 3 amide bonds. The van der Waals surface area contributed by atoms with Crippen LogP contribution in [0.1, 0.15) is 40.2 Å². The highest BCUT2D eigenvalue weighted by Crippen LogP contribution is 2.36. The first-order valence-corrected chi connectivity index (χ1v) is 14.4. The highest BCUT2D eigenvalue weighted by molar-refractivity contribution is 8.00. The van der Waals surface area contributed by atoms with Gasteiger partial charge in [0.15, 0.2) is 0 Å². The van der Waals surface area contributed by atoms with Gasteiger partial charge in [-0.2, -0.15) is 13.2 Å². The third-order valence-corrected chi connectivity index (χ3v) is 7.92. The number of amides is 3. The van der Waals surface area contributed by atoms with Gasteiger partial charge in [0.1, 0.15) is 12.4 Å². The maximum Gasteiger partial charge on any atom is 0.446 e. The van der Waals surface area contributed by atoms with E-state index in [9.17, 15) is 37.1 Å². The van der Waals surface area contributed by atoms with Gasteiger partial charge in [-0.25, -0.2) is 9.78 Å². The topological polar surface area (TPSA) is 136 Å². The molecule has 1 aliphatic heterocycles. The lowest BCUT2D eigenvalue weighted by Gasteiger charge is -2.35. The predicted octanol–water partition coefficient (Wildman–Crippen LogP) is 4.12. The van der Waals surface area contributed by atoms with Crippen LogP contribution < -0.4 is 16.2 Å². The second-order valence-electron chi connectivity index (χ2n) is 10.2. The van der Waals surface area contributed by atoms with Crippen molar-refractivity contribution in [3.8, 4) is 0 Å². The number of aromatic nitrogens is 2. The van der Waals surface area contributed by atoms with Gasteiger partial charge in [-0.3, -0.25) is 29.1 Å². The highest BCUT2D eigenvalue weighted by Gasteiger charge is 2.54. The summed E-state index contributed by atoms with van der Waals surface area (Å²) in [5, 5.41) is 4.85. The molecule has 1 saturated heterocycles. The molecule has 2 heterocycles. The molecule has 1 atom stereocenters. The number of carbonyl (C=O) groups excluding carboxylic acids is 4. The van der Waals surface area contributed by atoms with E-state index in [0.717, 1.165) is 4.57 Å². The van der Waals surface area contributed by atoms with Crippen LogP contribution in [0.2, 0.25) is 0 Å². The number of hydrogen-bond acceptors (Lipinski definition) is 8. The number of halogens is 3. The molecule has 10 nitrogen and oxygen atoms in total. The zero-order valence-electron chi connectivity index (χ0n) is 23.6. The van der Waals surface area contributed by atoms with Crippen molar-refractivity contribution >= 4 is 46.4 Å². The number of nitrogens with zero attached hydrogens (tertiary/aromatic N) is 2. The lowest BCUT2D eigenvalue weighted by atomic mass is 9.87. The molecule has 1 aliphatic rings. The molecular weight excluding hydrogens is 613 g/mol. The Bertz CT molecular complexity index is 1860. The summed E-state index contributed by atoms with van der Waals surface area (Å²) in [6.07, 6.45) is -0.548. The van der Waals surface area contributed by atoms with Gasteiger partial charge in [0.25, 0.3) is 17.4 Å². The van der Waals surface area contributed by atoms with Crippen molar-refractivity contribution in [3.05, 3.63) is 106 Å². The largest absolute Gasteiger partial charge is 0.459 e. The number of esters is 1. The Labute approximate surface area is 258 Å². The van der Waals surface area contributed by atoms with Crippen LogP contribution in [0.5, 0.6) is 0 Å². The molecule has 0 aliphatic carbocycles. The van der Waals surface area contributed by atoms with Gasteiger partial charge in [-0.15, -0.1) is 0 Å².